The van der Waals surface area contributed by atoms with Crippen LogP contribution in [0.2, 0.25) is 0 Å². The minimum absolute atomic E-state index is 0.345. The van der Waals surface area contributed by atoms with E-state index in [4.69, 9.17) is 4.42 Å². The first kappa shape index (κ1) is 13.7. The van der Waals surface area contributed by atoms with E-state index in [1.807, 2.05) is 24.3 Å². The fraction of sp³-hybridized carbons (Fsp3) is 0.250. The molecule has 0 unspecified atom stereocenters. The van der Waals surface area contributed by atoms with Crippen molar-refractivity contribution in [3.8, 4) is 11.5 Å². The van der Waals surface area contributed by atoms with Gasteiger partial charge in [0, 0.05) is 31.7 Å². The van der Waals surface area contributed by atoms with Crippen molar-refractivity contribution >= 4 is 17.5 Å². The molecule has 116 valence electrons. The quantitative estimate of drug-likeness (QED) is 0.793. The van der Waals surface area contributed by atoms with E-state index in [2.05, 4.69) is 30.4 Å². The summed E-state index contributed by atoms with van der Waals surface area (Å²) in [6.07, 6.45) is 7.59. The molecule has 0 radical (unpaired) electrons. The first-order valence-corrected chi connectivity index (χ1v) is 7.61. The molecule has 0 aromatic carbocycles. The lowest BCUT2D eigenvalue weighted by molar-refractivity contribution is 0.587. The summed E-state index contributed by atoms with van der Waals surface area (Å²) in [6.45, 7) is 2.05. The lowest BCUT2D eigenvalue weighted by Gasteiger charge is -2.19. The maximum atomic E-state index is 5.67. The minimum atomic E-state index is 0.345. The third-order valence-electron chi connectivity index (χ3n) is 3.77. The van der Waals surface area contributed by atoms with E-state index in [0.717, 1.165) is 30.2 Å². The summed E-state index contributed by atoms with van der Waals surface area (Å²) < 4.78 is 5.67. The van der Waals surface area contributed by atoms with Gasteiger partial charge in [0.2, 0.25) is 0 Å². The van der Waals surface area contributed by atoms with E-state index < -0.39 is 0 Å². The van der Waals surface area contributed by atoms with Crippen molar-refractivity contribution in [2.45, 2.75) is 12.8 Å². The van der Waals surface area contributed by atoms with Crippen LogP contribution >= 0.6 is 0 Å². The number of hydrogen-bond acceptors (Lipinski definition) is 7. The summed E-state index contributed by atoms with van der Waals surface area (Å²) in [4.78, 5) is 10.8. The van der Waals surface area contributed by atoms with Gasteiger partial charge in [-0.3, -0.25) is 4.98 Å². The number of hydrogen-bond donors (Lipinski definition) is 1. The Morgan fingerprint density at radius 1 is 1.04 bits per heavy atom. The van der Waals surface area contributed by atoms with Crippen LogP contribution in [0.4, 0.5) is 17.5 Å². The van der Waals surface area contributed by atoms with Gasteiger partial charge < -0.3 is 14.6 Å². The van der Waals surface area contributed by atoms with Gasteiger partial charge in [-0.1, -0.05) is 5.10 Å². The zero-order valence-corrected chi connectivity index (χ0v) is 12.5. The average molecular weight is 308 g/mol. The molecule has 0 spiro atoms. The summed E-state index contributed by atoms with van der Waals surface area (Å²) in [6, 6.07) is 7.91. The summed E-state index contributed by atoms with van der Waals surface area (Å²) >= 11 is 0. The van der Waals surface area contributed by atoms with Gasteiger partial charge in [0.1, 0.15) is 0 Å². The predicted molar refractivity (Wildman–Crippen MR) is 86.5 cm³/mol. The number of nitrogens with zero attached hydrogens (tertiary/aromatic N) is 5. The Morgan fingerprint density at radius 2 is 1.91 bits per heavy atom. The van der Waals surface area contributed by atoms with Crippen molar-refractivity contribution in [3.05, 3.63) is 42.9 Å². The van der Waals surface area contributed by atoms with Crippen molar-refractivity contribution < 1.29 is 4.42 Å². The van der Waals surface area contributed by atoms with Crippen molar-refractivity contribution in [2.24, 2.45) is 0 Å². The molecule has 4 heterocycles. The molecule has 7 nitrogen and oxygen atoms in total. The number of pyridine rings is 2. The Kier molecular flexibility index (Phi) is 3.59. The molecular weight excluding hydrogens is 292 g/mol. The molecular formula is C16H16N6O. The Balaban J connectivity index is 1.58. The van der Waals surface area contributed by atoms with Gasteiger partial charge in [-0.2, -0.15) is 0 Å². The molecule has 7 heteroatoms. The van der Waals surface area contributed by atoms with Gasteiger partial charge in [-0.05, 0) is 37.1 Å². The van der Waals surface area contributed by atoms with Gasteiger partial charge >= 0.3 is 6.01 Å². The van der Waals surface area contributed by atoms with Crippen LogP contribution < -0.4 is 10.2 Å². The predicted octanol–water partition coefficient (Wildman–Crippen LogP) is 2.87. The summed E-state index contributed by atoms with van der Waals surface area (Å²) in [5, 5.41) is 11.3. The molecule has 23 heavy (non-hydrogen) atoms. The van der Waals surface area contributed by atoms with Gasteiger partial charge in [0.05, 0.1) is 11.3 Å². The Morgan fingerprint density at radius 3 is 2.74 bits per heavy atom. The lowest BCUT2D eigenvalue weighted by Crippen LogP contribution is -2.20. The zero-order valence-electron chi connectivity index (χ0n) is 12.5. The molecule has 0 bridgehead atoms. The molecule has 1 N–H and O–H groups in total. The Bertz CT molecular complexity index is 782. The number of aromatic nitrogens is 4. The van der Waals surface area contributed by atoms with E-state index in [1.165, 1.54) is 12.8 Å². The van der Waals surface area contributed by atoms with Crippen LogP contribution in [0.1, 0.15) is 12.8 Å². The van der Waals surface area contributed by atoms with Crippen LogP contribution in [-0.4, -0.2) is 33.3 Å². The van der Waals surface area contributed by atoms with E-state index in [1.54, 1.807) is 18.6 Å². The summed E-state index contributed by atoms with van der Waals surface area (Å²) in [5.74, 6) is 1.36. The molecule has 0 aliphatic carbocycles. The van der Waals surface area contributed by atoms with Crippen LogP contribution in [0.5, 0.6) is 0 Å². The molecule has 0 amide bonds. The lowest BCUT2D eigenvalue weighted by atomic mass is 10.3. The monoisotopic (exact) mass is 308 g/mol. The zero-order chi connectivity index (χ0) is 15.5. The second-order valence-corrected chi connectivity index (χ2v) is 5.35. The Labute approximate surface area is 133 Å². The highest BCUT2D eigenvalue weighted by Crippen LogP contribution is 2.29. The molecule has 1 fully saturated rings. The molecule has 1 aliphatic rings. The largest absolute Gasteiger partial charge is 0.403 e. The highest BCUT2D eigenvalue weighted by atomic mass is 16.4. The van der Waals surface area contributed by atoms with Crippen molar-refractivity contribution in [3.63, 3.8) is 0 Å². The van der Waals surface area contributed by atoms with Crippen LogP contribution in [0.25, 0.3) is 11.5 Å². The van der Waals surface area contributed by atoms with Crippen LogP contribution in [-0.2, 0) is 0 Å². The molecule has 1 saturated heterocycles. The highest BCUT2D eigenvalue weighted by molar-refractivity contribution is 5.69. The van der Waals surface area contributed by atoms with E-state index in [-0.39, 0.29) is 0 Å². The summed E-state index contributed by atoms with van der Waals surface area (Å²) in [7, 11) is 0. The highest BCUT2D eigenvalue weighted by Gasteiger charge is 2.18. The molecule has 0 atom stereocenters. The minimum Gasteiger partial charge on any atom is -0.403 e. The van der Waals surface area contributed by atoms with Gasteiger partial charge in [-0.25, -0.2) is 4.98 Å². The fourth-order valence-corrected chi connectivity index (χ4v) is 2.67. The van der Waals surface area contributed by atoms with E-state index >= 15 is 0 Å². The molecule has 3 aromatic rings. The fourth-order valence-electron chi connectivity index (χ4n) is 2.67. The second-order valence-electron chi connectivity index (χ2n) is 5.35. The third kappa shape index (κ3) is 2.85. The smallest absolute Gasteiger partial charge is 0.320 e. The molecule has 1 aliphatic heterocycles. The molecule has 4 rings (SSSR count). The van der Waals surface area contributed by atoms with Crippen LogP contribution in [0.15, 0.2) is 47.3 Å². The third-order valence-corrected chi connectivity index (χ3v) is 3.77. The normalized spacial score (nSPS) is 14.2. The van der Waals surface area contributed by atoms with Crippen molar-refractivity contribution in [1.82, 2.24) is 20.2 Å². The second kappa shape index (κ2) is 6.04. The number of nitrogens with one attached hydrogen (secondary N) is 1. The van der Waals surface area contributed by atoms with Crippen LogP contribution in [0.3, 0.4) is 0 Å². The van der Waals surface area contributed by atoms with E-state index in [9.17, 15) is 0 Å². The SMILES string of the molecule is c1cncc(-c2nnc(Nc3cccnc3N3CCCC3)o2)c1. The number of anilines is 3. The van der Waals surface area contributed by atoms with Gasteiger partial charge in [0.15, 0.2) is 5.82 Å². The van der Waals surface area contributed by atoms with Crippen LogP contribution in [0, 0.1) is 0 Å². The maximum absolute atomic E-state index is 5.67. The van der Waals surface area contributed by atoms with Gasteiger partial charge in [0.25, 0.3) is 5.89 Å². The Hall–Kier alpha value is -2.96. The number of rotatable bonds is 4. The molecule has 3 aromatic heterocycles. The van der Waals surface area contributed by atoms with Crippen molar-refractivity contribution in [1.29, 1.82) is 0 Å². The summed E-state index contributed by atoms with van der Waals surface area (Å²) in [5.41, 5.74) is 1.66. The molecule has 0 saturated carbocycles. The van der Waals surface area contributed by atoms with E-state index in [0.29, 0.717) is 11.9 Å². The first-order valence-electron chi connectivity index (χ1n) is 7.61. The topological polar surface area (TPSA) is 80.0 Å². The first-order chi connectivity index (χ1) is 11.4. The van der Waals surface area contributed by atoms with Crippen molar-refractivity contribution in [2.75, 3.05) is 23.3 Å². The van der Waals surface area contributed by atoms with Gasteiger partial charge in [-0.15, -0.1) is 5.10 Å². The average Bonchev–Trinajstić information content (AvgIpc) is 3.28. The standard InChI is InChI=1S/C16H16N6O/c1-2-10-22(9-1)14-13(6-4-8-18-14)19-16-21-20-15(23-16)12-5-3-7-17-11-12/h3-8,11H,1-2,9-10H2,(H,19,21). The maximum Gasteiger partial charge on any atom is 0.320 e.